The number of alkyl halides is 3. The van der Waals surface area contributed by atoms with Gasteiger partial charge in [-0.3, -0.25) is 14.2 Å². The molecule has 9 heteroatoms. The van der Waals surface area contributed by atoms with Crippen LogP contribution in [0.2, 0.25) is 0 Å². The van der Waals surface area contributed by atoms with Crippen molar-refractivity contribution in [2.75, 3.05) is 13.7 Å². The Labute approximate surface area is 163 Å². The van der Waals surface area contributed by atoms with Crippen LogP contribution in [0.1, 0.15) is 22.8 Å². The molecule has 1 heterocycles. The molecule has 0 aliphatic heterocycles. The Hall–Kier alpha value is -3.20. The smallest absolute Gasteiger partial charge is 0.383 e. The fourth-order valence-corrected chi connectivity index (χ4v) is 2.92. The van der Waals surface area contributed by atoms with E-state index < -0.39 is 17.3 Å². The molecule has 0 spiro atoms. The lowest BCUT2D eigenvalue weighted by atomic mass is 10.1. The van der Waals surface area contributed by atoms with Gasteiger partial charge in [0.15, 0.2) is 0 Å². The Kier molecular flexibility index (Phi) is 5.69. The van der Waals surface area contributed by atoms with Gasteiger partial charge in [0.1, 0.15) is 0 Å². The second kappa shape index (κ2) is 8.04. The second-order valence-corrected chi connectivity index (χ2v) is 6.51. The van der Waals surface area contributed by atoms with E-state index in [-0.39, 0.29) is 17.6 Å². The minimum atomic E-state index is -4.47. The van der Waals surface area contributed by atoms with Crippen molar-refractivity contribution in [3.8, 4) is 5.69 Å². The number of carbonyl (C=O) groups is 1. The zero-order chi connectivity index (χ0) is 21.2. The highest BCUT2D eigenvalue weighted by Crippen LogP contribution is 2.29. The largest absolute Gasteiger partial charge is 0.416 e. The van der Waals surface area contributed by atoms with Gasteiger partial charge in [-0.1, -0.05) is 0 Å². The van der Waals surface area contributed by atoms with Crippen molar-refractivity contribution in [2.24, 2.45) is 0 Å². The van der Waals surface area contributed by atoms with Gasteiger partial charge in [0.2, 0.25) is 0 Å². The Bertz CT molecular complexity index is 1090. The zero-order valence-corrected chi connectivity index (χ0v) is 15.7. The number of fused-ring (bicyclic) bond motifs is 1. The first-order valence-corrected chi connectivity index (χ1v) is 8.70. The summed E-state index contributed by atoms with van der Waals surface area (Å²) in [4.78, 5) is 28.8. The van der Waals surface area contributed by atoms with Crippen molar-refractivity contribution >= 4 is 16.9 Å². The lowest BCUT2D eigenvalue weighted by Crippen LogP contribution is -2.35. The first kappa shape index (κ1) is 20.5. The van der Waals surface area contributed by atoms with Crippen molar-refractivity contribution in [1.29, 1.82) is 0 Å². The summed E-state index contributed by atoms with van der Waals surface area (Å²) in [7, 11) is 1.53. The fraction of sp³-hybridized carbons (Fsp3) is 0.250. The number of hydrogen-bond donors (Lipinski definition) is 1. The summed E-state index contributed by atoms with van der Waals surface area (Å²) in [5.41, 5.74) is 0.0298. The van der Waals surface area contributed by atoms with Crippen LogP contribution in [-0.2, 0) is 10.9 Å². The third-order valence-corrected chi connectivity index (χ3v) is 4.26. The van der Waals surface area contributed by atoms with E-state index in [1.54, 1.807) is 6.92 Å². The number of methoxy groups -OCH3 is 1. The molecule has 0 fully saturated rings. The van der Waals surface area contributed by atoms with E-state index in [9.17, 15) is 22.8 Å². The van der Waals surface area contributed by atoms with Crippen molar-refractivity contribution < 1.29 is 22.7 Å². The van der Waals surface area contributed by atoms with Crippen LogP contribution < -0.4 is 10.9 Å². The van der Waals surface area contributed by atoms with Gasteiger partial charge in [-0.15, -0.1) is 0 Å². The van der Waals surface area contributed by atoms with Gasteiger partial charge in [0.25, 0.3) is 11.5 Å². The number of aromatic nitrogens is 2. The van der Waals surface area contributed by atoms with Gasteiger partial charge in [0.05, 0.1) is 29.4 Å². The fourth-order valence-electron chi connectivity index (χ4n) is 2.92. The average molecular weight is 405 g/mol. The van der Waals surface area contributed by atoms with Crippen LogP contribution in [-0.4, -0.2) is 35.2 Å². The number of ether oxygens (including phenoxy) is 1. The molecule has 3 aromatic rings. The van der Waals surface area contributed by atoms with Gasteiger partial charge < -0.3 is 10.1 Å². The number of benzene rings is 2. The molecule has 0 saturated carbocycles. The summed E-state index contributed by atoms with van der Waals surface area (Å²) in [5.74, 6) is -0.328. The molecule has 1 amide bonds. The first-order chi connectivity index (χ1) is 13.7. The van der Waals surface area contributed by atoms with E-state index in [0.717, 1.165) is 18.3 Å². The van der Waals surface area contributed by atoms with Crippen LogP contribution in [0.25, 0.3) is 16.7 Å². The highest BCUT2D eigenvalue weighted by Gasteiger charge is 2.30. The first-order valence-electron chi connectivity index (χ1n) is 8.70. The summed E-state index contributed by atoms with van der Waals surface area (Å²) in [6.07, 6.45) is -3.40. The van der Waals surface area contributed by atoms with Gasteiger partial charge in [-0.2, -0.15) is 13.2 Å². The normalized spacial score (nSPS) is 12.7. The number of hydrogen-bond acceptors (Lipinski definition) is 4. The zero-order valence-electron chi connectivity index (χ0n) is 15.7. The Morgan fingerprint density at radius 2 is 1.90 bits per heavy atom. The number of nitrogens with zero attached hydrogens (tertiary/aromatic N) is 2. The van der Waals surface area contributed by atoms with Crippen molar-refractivity contribution in [3.63, 3.8) is 0 Å². The van der Waals surface area contributed by atoms with Crippen molar-refractivity contribution in [2.45, 2.75) is 19.1 Å². The molecule has 0 aliphatic rings. The Balaban J connectivity index is 2.00. The lowest BCUT2D eigenvalue weighted by molar-refractivity contribution is -0.137. The molecule has 1 aromatic heterocycles. The predicted octanol–water partition coefficient (Wildman–Crippen LogP) is 3.17. The second-order valence-electron chi connectivity index (χ2n) is 6.51. The van der Waals surface area contributed by atoms with E-state index in [2.05, 4.69) is 10.3 Å². The molecule has 152 valence electrons. The Morgan fingerprint density at radius 1 is 1.21 bits per heavy atom. The summed E-state index contributed by atoms with van der Waals surface area (Å²) in [6.45, 7) is 2.15. The SMILES string of the molecule is COC[C@H](C)NC(=O)c1ccc2c(c1)ncc(=O)n2-c1ccc(C(F)(F)F)cc1. The third kappa shape index (κ3) is 4.45. The van der Waals surface area contributed by atoms with Crippen molar-refractivity contribution in [3.05, 3.63) is 70.1 Å². The number of nitrogens with one attached hydrogen (secondary N) is 1. The minimum absolute atomic E-state index is 0.197. The van der Waals surface area contributed by atoms with E-state index in [0.29, 0.717) is 23.2 Å². The lowest BCUT2D eigenvalue weighted by Gasteiger charge is -2.14. The van der Waals surface area contributed by atoms with Crippen LogP contribution in [0, 0.1) is 0 Å². The molecule has 2 aromatic carbocycles. The van der Waals surface area contributed by atoms with Crippen LogP contribution in [0.15, 0.2) is 53.5 Å². The molecule has 0 bridgehead atoms. The van der Waals surface area contributed by atoms with Gasteiger partial charge in [-0.05, 0) is 49.4 Å². The molecule has 0 radical (unpaired) electrons. The summed E-state index contributed by atoms with van der Waals surface area (Å²) < 4.78 is 44.6. The third-order valence-electron chi connectivity index (χ3n) is 4.26. The minimum Gasteiger partial charge on any atom is -0.383 e. The molecule has 0 saturated heterocycles. The maximum absolute atomic E-state index is 12.8. The van der Waals surface area contributed by atoms with Crippen LogP contribution in [0.5, 0.6) is 0 Å². The van der Waals surface area contributed by atoms with Gasteiger partial charge in [0, 0.05) is 24.4 Å². The molecule has 3 rings (SSSR count). The molecule has 1 N–H and O–H groups in total. The molecule has 29 heavy (non-hydrogen) atoms. The van der Waals surface area contributed by atoms with E-state index in [1.165, 1.54) is 42.0 Å². The molecular formula is C20H18F3N3O3. The quantitative estimate of drug-likeness (QED) is 0.708. The van der Waals surface area contributed by atoms with E-state index in [1.807, 2.05) is 0 Å². The monoisotopic (exact) mass is 405 g/mol. The maximum Gasteiger partial charge on any atom is 0.416 e. The van der Waals surface area contributed by atoms with Crippen LogP contribution in [0.3, 0.4) is 0 Å². The molecule has 1 atom stereocenters. The molecular weight excluding hydrogens is 387 g/mol. The predicted molar refractivity (Wildman–Crippen MR) is 101 cm³/mol. The average Bonchev–Trinajstić information content (AvgIpc) is 2.67. The van der Waals surface area contributed by atoms with Gasteiger partial charge in [-0.25, -0.2) is 4.98 Å². The standard InChI is InChI=1S/C20H18F3N3O3/c1-12(11-29-2)25-19(28)13-3-8-17-16(9-13)24-10-18(27)26(17)15-6-4-14(5-7-15)20(21,22)23/h3-10,12H,11H2,1-2H3,(H,25,28)/t12-/m0/s1. The number of rotatable bonds is 5. The van der Waals surface area contributed by atoms with Crippen LogP contribution in [0.4, 0.5) is 13.2 Å². The van der Waals surface area contributed by atoms with Gasteiger partial charge >= 0.3 is 6.18 Å². The molecule has 0 aliphatic carbocycles. The van der Waals surface area contributed by atoms with E-state index in [4.69, 9.17) is 4.74 Å². The number of amides is 1. The molecule has 0 unspecified atom stereocenters. The topological polar surface area (TPSA) is 73.2 Å². The Morgan fingerprint density at radius 3 is 2.52 bits per heavy atom. The highest BCUT2D eigenvalue weighted by molar-refractivity contribution is 5.97. The number of halogens is 3. The summed E-state index contributed by atoms with van der Waals surface area (Å²) >= 11 is 0. The van der Waals surface area contributed by atoms with E-state index >= 15 is 0 Å². The number of carbonyl (C=O) groups excluding carboxylic acids is 1. The van der Waals surface area contributed by atoms with Crippen molar-refractivity contribution in [1.82, 2.24) is 14.9 Å². The summed E-state index contributed by atoms with van der Waals surface area (Å²) in [6, 6.07) is 8.64. The highest BCUT2D eigenvalue weighted by atomic mass is 19.4. The maximum atomic E-state index is 12.8. The van der Waals surface area contributed by atoms with Crippen LogP contribution >= 0.6 is 0 Å². The molecule has 6 nitrogen and oxygen atoms in total. The summed E-state index contributed by atoms with van der Waals surface area (Å²) in [5, 5.41) is 2.77.